The lowest BCUT2D eigenvalue weighted by Gasteiger charge is -2.26. The van der Waals surface area contributed by atoms with Crippen molar-refractivity contribution >= 4 is 0 Å². The van der Waals surface area contributed by atoms with Crippen molar-refractivity contribution < 1.29 is 4.74 Å². The van der Waals surface area contributed by atoms with Crippen LogP contribution in [0.1, 0.15) is 31.2 Å². The van der Waals surface area contributed by atoms with Crippen molar-refractivity contribution in [1.82, 2.24) is 10.2 Å². The molecule has 0 aliphatic carbocycles. The van der Waals surface area contributed by atoms with E-state index in [1.807, 2.05) is 6.07 Å². The lowest BCUT2D eigenvalue weighted by molar-refractivity contribution is 0.226. The summed E-state index contributed by atoms with van der Waals surface area (Å²) in [4.78, 5) is 2.60. The van der Waals surface area contributed by atoms with Crippen molar-refractivity contribution in [3.05, 3.63) is 29.8 Å². The lowest BCUT2D eigenvalue weighted by atomic mass is 10.1. The largest absolute Gasteiger partial charge is 0.497 e. The first-order valence-electron chi connectivity index (χ1n) is 7.94. The molecular weight excluding hydrogens is 248 g/mol. The first-order chi connectivity index (χ1) is 9.88. The summed E-state index contributed by atoms with van der Waals surface area (Å²) in [5, 5.41) is 3.54. The third-order valence-corrected chi connectivity index (χ3v) is 4.00. The fourth-order valence-corrected chi connectivity index (χ4v) is 2.80. The van der Waals surface area contributed by atoms with Gasteiger partial charge in [0.05, 0.1) is 7.11 Å². The molecule has 20 heavy (non-hydrogen) atoms. The Morgan fingerprint density at radius 2 is 2.00 bits per heavy atom. The van der Waals surface area contributed by atoms with Gasteiger partial charge in [0.2, 0.25) is 0 Å². The van der Waals surface area contributed by atoms with Crippen molar-refractivity contribution in [1.29, 1.82) is 0 Å². The van der Waals surface area contributed by atoms with E-state index >= 15 is 0 Å². The zero-order chi connectivity index (χ0) is 14.0. The molecule has 0 spiro atoms. The summed E-state index contributed by atoms with van der Waals surface area (Å²) in [6.45, 7) is 6.05. The minimum Gasteiger partial charge on any atom is -0.497 e. The summed E-state index contributed by atoms with van der Waals surface area (Å²) in [5.74, 6) is 0.951. The summed E-state index contributed by atoms with van der Waals surface area (Å²) in [6.07, 6.45) is 6.54. The predicted octanol–water partition coefficient (Wildman–Crippen LogP) is 2.70. The molecule has 1 heterocycles. The van der Waals surface area contributed by atoms with Gasteiger partial charge in [0.1, 0.15) is 5.75 Å². The van der Waals surface area contributed by atoms with Gasteiger partial charge in [0.15, 0.2) is 0 Å². The maximum Gasteiger partial charge on any atom is 0.119 e. The van der Waals surface area contributed by atoms with Gasteiger partial charge in [-0.15, -0.1) is 0 Å². The molecule has 1 aromatic carbocycles. The van der Waals surface area contributed by atoms with Crippen LogP contribution in [-0.2, 0) is 6.42 Å². The Hall–Kier alpha value is -1.06. The van der Waals surface area contributed by atoms with Gasteiger partial charge in [-0.1, -0.05) is 18.6 Å². The molecule has 1 aromatic rings. The molecule has 0 unspecified atom stereocenters. The molecule has 0 saturated carbocycles. The summed E-state index contributed by atoms with van der Waals surface area (Å²) < 4.78 is 5.24. The molecule has 3 heteroatoms. The molecule has 1 N–H and O–H groups in total. The van der Waals surface area contributed by atoms with E-state index in [4.69, 9.17) is 4.74 Å². The van der Waals surface area contributed by atoms with Gasteiger partial charge in [-0.05, 0) is 76.1 Å². The highest BCUT2D eigenvalue weighted by Gasteiger charge is 2.08. The van der Waals surface area contributed by atoms with E-state index in [1.165, 1.54) is 50.9 Å². The Labute approximate surface area is 123 Å². The van der Waals surface area contributed by atoms with Crippen molar-refractivity contribution in [3.63, 3.8) is 0 Å². The van der Waals surface area contributed by atoms with Crippen LogP contribution in [0.2, 0.25) is 0 Å². The minimum atomic E-state index is 0.951. The Morgan fingerprint density at radius 1 is 1.15 bits per heavy atom. The van der Waals surface area contributed by atoms with Gasteiger partial charge < -0.3 is 15.0 Å². The van der Waals surface area contributed by atoms with Crippen LogP contribution in [0.5, 0.6) is 5.75 Å². The fraction of sp³-hybridized carbons (Fsp3) is 0.647. The van der Waals surface area contributed by atoms with Crippen LogP contribution in [0.15, 0.2) is 24.3 Å². The van der Waals surface area contributed by atoms with Crippen LogP contribution in [0, 0.1) is 0 Å². The third kappa shape index (κ3) is 5.51. The van der Waals surface area contributed by atoms with Crippen LogP contribution >= 0.6 is 0 Å². The van der Waals surface area contributed by atoms with Gasteiger partial charge >= 0.3 is 0 Å². The van der Waals surface area contributed by atoms with Gasteiger partial charge in [0, 0.05) is 0 Å². The number of nitrogens with one attached hydrogen (secondary N) is 1. The van der Waals surface area contributed by atoms with E-state index in [9.17, 15) is 0 Å². The number of rotatable bonds is 8. The predicted molar refractivity (Wildman–Crippen MR) is 84.5 cm³/mol. The van der Waals surface area contributed by atoms with Crippen molar-refractivity contribution in [2.24, 2.45) is 0 Å². The molecule has 1 aliphatic rings. The van der Waals surface area contributed by atoms with Gasteiger partial charge in [-0.25, -0.2) is 0 Å². The highest BCUT2D eigenvalue weighted by atomic mass is 16.5. The molecule has 0 radical (unpaired) electrons. The van der Waals surface area contributed by atoms with Crippen molar-refractivity contribution in [3.8, 4) is 5.75 Å². The molecule has 0 atom stereocenters. The second-order valence-electron chi connectivity index (χ2n) is 5.61. The SMILES string of the molecule is COc1cccc(CCNCCCN2CCCCC2)c1. The summed E-state index contributed by atoms with van der Waals surface area (Å²) in [7, 11) is 1.72. The van der Waals surface area contributed by atoms with Crippen molar-refractivity contribution in [2.45, 2.75) is 32.1 Å². The first kappa shape index (κ1) is 15.3. The number of piperidine rings is 1. The molecule has 3 nitrogen and oxygen atoms in total. The lowest BCUT2D eigenvalue weighted by Crippen LogP contribution is -2.32. The minimum absolute atomic E-state index is 0.951. The third-order valence-electron chi connectivity index (χ3n) is 4.00. The molecular formula is C17H28N2O. The Morgan fingerprint density at radius 3 is 2.80 bits per heavy atom. The molecule has 1 fully saturated rings. The zero-order valence-corrected chi connectivity index (χ0v) is 12.7. The highest BCUT2D eigenvalue weighted by molar-refractivity contribution is 5.28. The van der Waals surface area contributed by atoms with E-state index in [0.29, 0.717) is 0 Å². The second kappa shape index (κ2) is 8.98. The number of likely N-dealkylation sites (tertiary alicyclic amines) is 1. The smallest absolute Gasteiger partial charge is 0.119 e. The monoisotopic (exact) mass is 276 g/mol. The van der Waals surface area contributed by atoms with E-state index < -0.39 is 0 Å². The molecule has 1 aliphatic heterocycles. The number of ether oxygens (including phenoxy) is 1. The van der Waals surface area contributed by atoms with Gasteiger partial charge in [0.25, 0.3) is 0 Å². The number of nitrogens with zero attached hydrogens (tertiary/aromatic N) is 1. The summed E-state index contributed by atoms with van der Waals surface area (Å²) in [5.41, 5.74) is 1.34. The van der Waals surface area contributed by atoms with Gasteiger partial charge in [-0.2, -0.15) is 0 Å². The van der Waals surface area contributed by atoms with E-state index in [0.717, 1.165) is 25.3 Å². The van der Waals surface area contributed by atoms with E-state index in [2.05, 4.69) is 28.4 Å². The summed E-state index contributed by atoms with van der Waals surface area (Å²) in [6, 6.07) is 8.34. The quantitative estimate of drug-likeness (QED) is 0.739. The molecule has 0 aromatic heterocycles. The van der Waals surface area contributed by atoms with E-state index in [-0.39, 0.29) is 0 Å². The number of methoxy groups -OCH3 is 1. The Kier molecular flexibility index (Phi) is 6.89. The maximum atomic E-state index is 5.24. The van der Waals surface area contributed by atoms with Gasteiger partial charge in [-0.3, -0.25) is 0 Å². The number of hydrogen-bond donors (Lipinski definition) is 1. The van der Waals surface area contributed by atoms with Crippen LogP contribution in [0.25, 0.3) is 0 Å². The van der Waals surface area contributed by atoms with Crippen molar-refractivity contribution in [2.75, 3.05) is 39.8 Å². The molecule has 0 bridgehead atoms. The Bertz CT molecular complexity index is 375. The average molecular weight is 276 g/mol. The van der Waals surface area contributed by atoms with Crippen LogP contribution in [0.4, 0.5) is 0 Å². The van der Waals surface area contributed by atoms with Crippen LogP contribution in [0.3, 0.4) is 0 Å². The van der Waals surface area contributed by atoms with E-state index in [1.54, 1.807) is 7.11 Å². The van der Waals surface area contributed by atoms with Crippen LogP contribution in [-0.4, -0.2) is 44.7 Å². The molecule has 2 rings (SSSR count). The average Bonchev–Trinajstić information content (AvgIpc) is 2.52. The number of hydrogen-bond acceptors (Lipinski definition) is 3. The Balaban J connectivity index is 1.52. The molecule has 112 valence electrons. The van der Waals surface area contributed by atoms with Crippen LogP contribution < -0.4 is 10.1 Å². The summed E-state index contributed by atoms with van der Waals surface area (Å²) >= 11 is 0. The molecule has 0 amide bonds. The second-order valence-corrected chi connectivity index (χ2v) is 5.61. The number of benzene rings is 1. The highest BCUT2D eigenvalue weighted by Crippen LogP contribution is 2.12. The standard InChI is InChI=1S/C17H28N2O/c1-20-17-8-5-7-16(15-17)9-11-18-10-6-14-19-12-3-2-4-13-19/h5,7-8,15,18H,2-4,6,9-14H2,1H3. The zero-order valence-electron chi connectivity index (χ0n) is 12.7. The topological polar surface area (TPSA) is 24.5 Å². The normalized spacial score (nSPS) is 16.2. The molecule has 1 saturated heterocycles. The first-order valence-corrected chi connectivity index (χ1v) is 7.94. The fourth-order valence-electron chi connectivity index (χ4n) is 2.80. The maximum absolute atomic E-state index is 5.24.